The fraction of sp³-hybridized carbons (Fsp3) is 0.296. The molecule has 0 saturated heterocycles. The first-order chi connectivity index (χ1) is 14.1. The number of anilines is 1. The molecule has 1 saturated carbocycles. The van der Waals surface area contributed by atoms with Crippen LogP contribution in [0.1, 0.15) is 60.0 Å². The molecule has 1 aliphatic carbocycles. The van der Waals surface area contributed by atoms with E-state index < -0.39 is 0 Å². The van der Waals surface area contributed by atoms with E-state index in [9.17, 15) is 4.79 Å². The summed E-state index contributed by atoms with van der Waals surface area (Å²) in [5.41, 5.74) is 6.47. The number of benzene rings is 3. The topological polar surface area (TPSA) is 29.1 Å². The van der Waals surface area contributed by atoms with Crippen LogP contribution in [-0.4, -0.2) is 5.91 Å². The van der Waals surface area contributed by atoms with Crippen molar-refractivity contribution >= 4 is 11.6 Å². The summed E-state index contributed by atoms with van der Waals surface area (Å²) in [6.45, 7) is 4.40. The molecule has 29 heavy (non-hydrogen) atoms. The van der Waals surface area contributed by atoms with Crippen LogP contribution in [0.4, 0.5) is 5.69 Å². The highest BCUT2D eigenvalue weighted by Gasteiger charge is 2.19. The Balaban J connectivity index is 1.42. The minimum absolute atomic E-state index is 0.0812. The molecule has 1 aliphatic rings. The maximum atomic E-state index is 12.5. The van der Waals surface area contributed by atoms with E-state index in [1.165, 1.54) is 42.4 Å². The van der Waals surface area contributed by atoms with E-state index in [0.29, 0.717) is 11.5 Å². The van der Waals surface area contributed by atoms with Gasteiger partial charge in [0.15, 0.2) is 0 Å². The van der Waals surface area contributed by atoms with Crippen LogP contribution in [0.5, 0.6) is 0 Å². The van der Waals surface area contributed by atoms with Gasteiger partial charge in [-0.15, -0.1) is 0 Å². The molecule has 0 spiro atoms. The summed E-state index contributed by atoms with van der Waals surface area (Å²) in [6.07, 6.45) is 5.31. The highest BCUT2D eigenvalue weighted by atomic mass is 16.1. The Morgan fingerprint density at radius 1 is 0.759 bits per heavy atom. The third-order valence-electron chi connectivity index (χ3n) is 6.19. The molecule has 1 amide bonds. The molecule has 0 unspecified atom stereocenters. The van der Waals surface area contributed by atoms with Gasteiger partial charge in [-0.05, 0) is 72.6 Å². The minimum Gasteiger partial charge on any atom is -0.322 e. The van der Waals surface area contributed by atoms with Gasteiger partial charge in [0.2, 0.25) is 0 Å². The number of amides is 1. The zero-order valence-electron chi connectivity index (χ0n) is 17.3. The summed E-state index contributed by atoms with van der Waals surface area (Å²) in [7, 11) is 0. The Labute approximate surface area is 174 Å². The molecule has 0 bridgehead atoms. The van der Waals surface area contributed by atoms with Crippen molar-refractivity contribution in [3.05, 3.63) is 89.5 Å². The van der Waals surface area contributed by atoms with Gasteiger partial charge in [0.25, 0.3) is 5.91 Å². The number of hydrogen-bond donors (Lipinski definition) is 1. The Hall–Kier alpha value is -2.87. The fourth-order valence-electron chi connectivity index (χ4n) is 4.20. The maximum Gasteiger partial charge on any atom is 0.255 e. The Morgan fingerprint density at radius 3 is 1.90 bits per heavy atom. The lowest BCUT2D eigenvalue weighted by Crippen LogP contribution is -2.11. The molecule has 1 N–H and O–H groups in total. The SMILES string of the molecule is Cc1ccc(NC(=O)c2ccc(-c3ccc(C4CCC(C)CC4)cc3)cc2)cc1. The van der Waals surface area contributed by atoms with E-state index in [1.807, 2.05) is 55.5 Å². The van der Waals surface area contributed by atoms with Crippen molar-refractivity contribution in [2.45, 2.75) is 45.4 Å². The zero-order valence-corrected chi connectivity index (χ0v) is 17.3. The molecule has 4 rings (SSSR count). The van der Waals surface area contributed by atoms with Gasteiger partial charge in [0, 0.05) is 11.3 Å². The monoisotopic (exact) mass is 383 g/mol. The highest BCUT2D eigenvalue weighted by Crippen LogP contribution is 2.36. The van der Waals surface area contributed by atoms with Crippen LogP contribution in [0.3, 0.4) is 0 Å². The van der Waals surface area contributed by atoms with Gasteiger partial charge < -0.3 is 5.32 Å². The summed E-state index contributed by atoms with van der Waals surface area (Å²) in [5.74, 6) is 1.52. The first kappa shape index (κ1) is 19.4. The van der Waals surface area contributed by atoms with Gasteiger partial charge in [-0.25, -0.2) is 0 Å². The molecule has 0 aromatic heterocycles. The van der Waals surface area contributed by atoms with E-state index in [-0.39, 0.29) is 5.91 Å². The molecule has 2 nitrogen and oxygen atoms in total. The Morgan fingerprint density at radius 2 is 1.31 bits per heavy atom. The van der Waals surface area contributed by atoms with Gasteiger partial charge in [0.05, 0.1) is 0 Å². The van der Waals surface area contributed by atoms with E-state index in [4.69, 9.17) is 0 Å². The van der Waals surface area contributed by atoms with E-state index >= 15 is 0 Å². The summed E-state index contributed by atoms with van der Waals surface area (Å²) in [4.78, 5) is 12.5. The summed E-state index contributed by atoms with van der Waals surface area (Å²) < 4.78 is 0. The van der Waals surface area contributed by atoms with Crippen molar-refractivity contribution in [3.63, 3.8) is 0 Å². The van der Waals surface area contributed by atoms with Crippen LogP contribution in [0, 0.1) is 12.8 Å². The Bertz CT molecular complexity index is 947. The van der Waals surface area contributed by atoms with Gasteiger partial charge in [0.1, 0.15) is 0 Å². The maximum absolute atomic E-state index is 12.5. The second-order valence-electron chi connectivity index (χ2n) is 8.48. The molecule has 0 atom stereocenters. The van der Waals surface area contributed by atoms with Crippen LogP contribution in [0.25, 0.3) is 11.1 Å². The molecule has 1 fully saturated rings. The zero-order chi connectivity index (χ0) is 20.2. The smallest absolute Gasteiger partial charge is 0.255 e. The summed E-state index contributed by atoms with van der Waals surface area (Å²) >= 11 is 0. The molecular weight excluding hydrogens is 354 g/mol. The number of carbonyl (C=O) groups excluding carboxylic acids is 1. The molecule has 0 heterocycles. The molecular formula is C27H29NO. The van der Waals surface area contributed by atoms with E-state index in [2.05, 4.69) is 36.5 Å². The van der Waals surface area contributed by atoms with Gasteiger partial charge in [-0.2, -0.15) is 0 Å². The quantitative estimate of drug-likeness (QED) is 0.507. The molecule has 3 aromatic carbocycles. The molecule has 2 heteroatoms. The predicted octanol–water partition coefficient (Wildman–Crippen LogP) is 7.21. The summed E-state index contributed by atoms with van der Waals surface area (Å²) in [5, 5.41) is 2.95. The average molecular weight is 384 g/mol. The van der Waals surface area contributed by atoms with Gasteiger partial charge >= 0.3 is 0 Å². The summed E-state index contributed by atoms with van der Waals surface area (Å²) in [6, 6.07) is 24.7. The van der Waals surface area contributed by atoms with Crippen LogP contribution in [0.15, 0.2) is 72.8 Å². The van der Waals surface area contributed by atoms with Crippen LogP contribution in [0.2, 0.25) is 0 Å². The van der Waals surface area contributed by atoms with E-state index in [0.717, 1.165) is 17.2 Å². The lowest BCUT2D eigenvalue weighted by Gasteiger charge is -2.26. The average Bonchev–Trinajstić information content (AvgIpc) is 2.76. The molecule has 148 valence electrons. The first-order valence-electron chi connectivity index (χ1n) is 10.7. The third-order valence-corrected chi connectivity index (χ3v) is 6.19. The van der Waals surface area contributed by atoms with Crippen molar-refractivity contribution in [2.24, 2.45) is 5.92 Å². The standard InChI is InChI=1S/C27H29NO/c1-19-3-7-21(8-4-19)22-9-11-23(12-10-22)24-13-15-25(16-14-24)27(29)28-26-17-5-20(2)6-18-26/h5-6,9-19,21H,3-4,7-8H2,1-2H3,(H,28,29). The number of nitrogens with one attached hydrogen (secondary N) is 1. The lowest BCUT2D eigenvalue weighted by atomic mass is 9.79. The molecule has 3 aromatic rings. The van der Waals surface area contributed by atoms with Crippen LogP contribution in [-0.2, 0) is 0 Å². The molecule has 0 aliphatic heterocycles. The number of carbonyl (C=O) groups is 1. The third kappa shape index (κ3) is 4.76. The normalized spacial score (nSPS) is 19.0. The van der Waals surface area contributed by atoms with Crippen molar-refractivity contribution in [2.75, 3.05) is 5.32 Å². The Kier molecular flexibility index (Phi) is 5.80. The predicted molar refractivity (Wildman–Crippen MR) is 121 cm³/mol. The fourth-order valence-corrected chi connectivity index (χ4v) is 4.20. The highest BCUT2D eigenvalue weighted by molar-refractivity contribution is 6.04. The lowest BCUT2D eigenvalue weighted by molar-refractivity contribution is 0.102. The van der Waals surface area contributed by atoms with Crippen molar-refractivity contribution in [3.8, 4) is 11.1 Å². The van der Waals surface area contributed by atoms with E-state index in [1.54, 1.807) is 0 Å². The number of rotatable bonds is 4. The second kappa shape index (κ2) is 8.65. The first-order valence-corrected chi connectivity index (χ1v) is 10.7. The number of hydrogen-bond acceptors (Lipinski definition) is 1. The van der Waals surface area contributed by atoms with Crippen molar-refractivity contribution in [1.29, 1.82) is 0 Å². The van der Waals surface area contributed by atoms with Crippen molar-refractivity contribution < 1.29 is 4.79 Å². The van der Waals surface area contributed by atoms with Gasteiger partial charge in [-0.3, -0.25) is 4.79 Å². The van der Waals surface area contributed by atoms with Crippen LogP contribution < -0.4 is 5.32 Å². The second-order valence-corrected chi connectivity index (χ2v) is 8.48. The minimum atomic E-state index is -0.0812. The van der Waals surface area contributed by atoms with Gasteiger partial charge in [-0.1, -0.05) is 73.9 Å². The van der Waals surface area contributed by atoms with Crippen molar-refractivity contribution in [1.82, 2.24) is 0 Å². The molecule has 0 radical (unpaired) electrons. The van der Waals surface area contributed by atoms with Crippen LogP contribution >= 0.6 is 0 Å². The largest absolute Gasteiger partial charge is 0.322 e. The number of aryl methyl sites for hydroxylation is 1.